The average Bonchev–Trinajstić information content (AvgIpc) is 2.97. The number of aryl methyl sites for hydroxylation is 1. The molecule has 25 heavy (non-hydrogen) atoms. The van der Waals surface area contributed by atoms with Crippen molar-refractivity contribution in [2.45, 2.75) is 12.3 Å². The van der Waals surface area contributed by atoms with E-state index in [9.17, 15) is 14.0 Å². The Morgan fingerprint density at radius 2 is 2.00 bits per heavy atom. The van der Waals surface area contributed by atoms with Crippen molar-refractivity contribution < 1.29 is 18.7 Å². The minimum absolute atomic E-state index is 0.113. The zero-order valence-electron chi connectivity index (χ0n) is 13.8. The van der Waals surface area contributed by atoms with Gasteiger partial charge in [-0.2, -0.15) is 0 Å². The zero-order valence-corrected chi connectivity index (χ0v) is 14.6. The Labute approximate surface area is 149 Å². The number of para-hydroxylation sites is 1. The number of hydrazine groups is 1. The Morgan fingerprint density at radius 3 is 2.68 bits per heavy atom. The van der Waals surface area contributed by atoms with E-state index in [4.69, 9.17) is 4.74 Å². The predicted molar refractivity (Wildman–Crippen MR) is 94.6 cm³/mol. The van der Waals surface area contributed by atoms with Crippen molar-refractivity contribution in [2.75, 3.05) is 18.3 Å². The molecule has 130 valence electrons. The number of methoxy groups -OCH3 is 1. The largest absolute Gasteiger partial charge is 0.465 e. The maximum absolute atomic E-state index is 13.2. The summed E-state index contributed by atoms with van der Waals surface area (Å²) in [5.74, 6) is -0.624. The molecule has 0 aromatic heterocycles. The summed E-state index contributed by atoms with van der Waals surface area (Å²) in [5, 5.41) is 1.17. The lowest BCUT2D eigenvalue weighted by Gasteiger charge is -2.27. The van der Waals surface area contributed by atoms with Crippen LogP contribution in [0.2, 0.25) is 0 Å². The van der Waals surface area contributed by atoms with Gasteiger partial charge in [0.1, 0.15) is 11.2 Å². The highest BCUT2D eigenvalue weighted by Gasteiger charge is 2.34. The van der Waals surface area contributed by atoms with E-state index in [1.165, 1.54) is 36.0 Å². The van der Waals surface area contributed by atoms with Gasteiger partial charge in [0.15, 0.2) is 0 Å². The minimum Gasteiger partial charge on any atom is -0.465 e. The fourth-order valence-corrected chi connectivity index (χ4v) is 3.74. The normalized spacial score (nSPS) is 16.8. The van der Waals surface area contributed by atoms with Crippen molar-refractivity contribution >= 4 is 29.3 Å². The topological polar surface area (TPSA) is 58.6 Å². The standard InChI is InChI=1S/C18H17FN2O3S/c1-11-4-3-5-14(18(23)24-2)16(11)20-21-15(22)10-25-17(21)12-6-8-13(19)9-7-12/h3-9,17,20H,10H2,1-2H3. The van der Waals surface area contributed by atoms with Crippen LogP contribution < -0.4 is 5.43 Å². The molecular weight excluding hydrogens is 343 g/mol. The van der Waals surface area contributed by atoms with Crippen LogP contribution in [-0.2, 0) is 9.53 Å². The number of nitrogens with one attached hydrogen (secondary N) is 1. The monoisotopic (exact) mass is 360 g/mol. The first-order valence-corrected chi connectivity index (χ1v) is 8.70. The predicted octanol–water partition coefficient (Wildman–Crippen LogP) is 3.52. The third-order valence-corrected chi connectivity index (χ3v) is 5.15. The first-order chi connectivity index (χ1) is 12.0. The average molecular weight is 360 g/mol. The van der Waals surface area contributed by atoms with Crippen LogP contribution in [0.15, 0.2) is 42.5 Å². The summed E-state index contributed by atoms with van der Waals surface area (Å²) in [6.07, 6.45) is 0. The van der Waals surface area contributed by atoms with Crippen LogP contribution >= 0.6 is 11.8 Å². The van der Waals surface area contributed by atoms with Gasteiger partial charge in [-0.1, -0.05) is 24.3 Å². The molecule has 2 aromatic carbocycles. The molecule has 0 aliphatic carbocycles. The van der Waals surface area contributed by atoms with Crippen LogP contribution in [0, 0.1) is 12.7 Å². The molecule has 0 spiro atoms. The van der Waals surface area contributed by atoms with Crippen LogP contribution in [0.5, 0.6) is 0 Å². The van der Waals surface area contributed by atoms with Crippen LogP contribution in [0.1, 0.15) is 26.9 Å². The first-order valence-electron chi connectivity index (χ1n) is 7.65. The molecule has 0 radical (unpaired) electrons. The number of nitrogens with zero attached hydrogens (tertiary/aromatic N) is 1. The SMILES string of the molecule is COC(=O)c1cccc(C)c1NN1C(=O)CSC1c1ccc(F)cc1. The van der Waals surface area contributed by atoms with E-state index in [1.807, 2.05) is 13.0 Å². The minimum atomic E-state index is -0.483. The van der Waals surface area contributed by atoms with E-state index in [1.54, 1.807) is 24.3 Å². The highest BCUT2D eigenvalue weighted by atomic mass is 32.2. The number of thioether (sulfide) groups is 1. The van der Waals surface area contributed by atoms with Crippen LogP contribution in [0.3, 0.4) is 0 Å². The highest BCUT2D eigenvalue weighted by Crippen LogP contribution is 2.39. The van der Waals surface area contributed by atoms with Crippen molar-refractivity contribution in [1.29, 1.82) is 0 Å². The van der Waals surface area contributed by atoms with Crippen molar-refractivity contribution in [3.8, 4) is 0 Å². The van der Waals surface area contributed by atoms with Gasteiger partial charge in [-0.25, -0.2) is 14.2 Å². The number of hydrogen-bond acceptors (Lipinski definition) is 5. The molecule has 0 saturated carbocycles. The molecule has 1 heterocycles. The van der Waals surface area contributed by atoms with Gasteiger partial charge in [0.2, 0.25) is 0 Å². The van der Waals surface area contributed by atoms with E-state index < -0.39 is 5.97 Å². The van der Waals surface area contributed by atoms with Crippen molar-refractivity contribution in [1.82, 2.24) is 5.01 Å². The summed E-state index contributed by atoms with van der Waals surface area (Å²) in [7, 11) is 1.31. The number of carbonyl (C=O) groups excluding carboxylic acids is 2. The second kappa shape index (κ2) is 7.14. The maximum atomic E-state index is 13.2. The number of esters is 1. The van der Waals surface area contributed by atoms with Crippen LogP contribution in [-0.4, -0.2) is 29.7 Å². The third-order valence-electron chi connectivity index (χ3n) is 3.93. The van der Waals surface area contributed by atoms with E-state index in [0.29, 0.717) is 17.0 Å². The summed E-state index contributed by atoms with van der Waals surface area (Å²) in [5.41, 5.74) is 5.57. The van der Waals surface area contributed by atoms with E-state index in [-0.39, 0.29) is 17.1 Å². The second-order valence-electron chi connectivity index (χ2n) is 5.58. The molecule has 5 nitrogen and oxygen atoms in total. The lowest BCUT2D eigenvalue weighted by atomic mass is 10.1. The molecule has 7 heteroatoms. The summed E-state index contributed by atoms with van der Waals surface area (Å²) in [6.45, 7) is 1.84. The number of hydrogen-bond donors (Lipinski definition) is 1. The van der Waals surface area contributed by atoms with Gasteiger partial charge in [-0.15, -0.1) is 11.8 Å². The Bertz CT molecular complexity index is 810. The molecule has 1 fully saturated rings. The van der Waals surface area contributed by atoms with E-state index >= 15 is 0 Å². The van der Waals surface area contributed by atoms with Crippen LogP contribution in [0.4, 0.5) is 10.1 Å². The van der Waals surface area contributed by atoms with Crippen molar-refractivity contribution in [2.24, 2.45) is 0 Å². The smallest absolute Gasteiger partial charge is 0.340 e. The molecule has 1 unspecified atom stereocenters. The number of amides is 1. The van der Waals surface area contributed by atoms with Gasteiger partial charge >= 0.3 is 5.97 Å². The fraction of sp³-hybridized carbons (Fsp3) is 0.222. The number of ether oxygens (including phenoxy) is 1. The summed E-state index contributed by atoms with van der Waals surface area (Å²) < 4.78 is 18.0. The van der Waals surface area contributed by atoms with Gasteiger partial charge in [0.05, 0.1) is 24.1 Å². The molecule has 1 aliphatic rings. The van der Waals surface area contributed by atoms with Gasteiger partial charge in [-0.3, -0.25) is 10.2 Å². The molecule has 1 saturated heterocycles. The third kappa shape index (κ3) is 3.46. The van der Waals surface area contributed by atoms with Gasteiger partial charge in [0.25, 0.3) is 5.91 Å². The van der Waals surface area contributed by atoms with E-state index in [0.717, 1.165) is 11.1 Å². The number of halogens is 1. The molecule has 2 aromatic rings. The summed E-state index contributed by atoms with van der Waals surface area (Å²) in [6, 6.07) is 11.3. The Kier molecular flexibility index (Phi) is 4.94. The zero-order chi connectivity index (χ0) is 18.0. The fourth-order valence-electron chi connectivity index (χ4n) is 2.64. The van der Waals surface area contributed by atoms with Gasteiger partial charge in [0, 0.05) is 0 Å². The van der Waals surface area contributed by atoms with Crippen LogP contribution in [0.25, 0.3) is 0 Å². The summed E-state index contributed by atoms with van der Waals surface area (Å²) in [4.78, 5) is 24.4. The molecule has 1 N–H and O–H groups in total. The molecule has 1 aliphatic heterocycles. The van der Waals surface area contributed by atoms with Crippen molar-refractivity contribution in [3.63, 3.8) is 0 Å². The number of carbonyl (C=O) groups is 2. The summed E-state index contributed by atoms with van der Waals surface area (Å²) >= 11 is 1.44. The highest BCUT2D eigenvalue weighted by molar-refractivity contribution is 8.00. The lowest BCUT2D eigenvalue weighted by molar-refractivity contribution is -0.126. The Balaban J connectivity index is 1.94. The maximum Gasteiger partial charge on any atom is 0.340 e. The molecule has 1 amide bonds. The Morgan fingerprint density at radius 1 is 1.28 bits per heavy atom. The van der Waals surface area contributed by atoms with Crippen molar-refractivity contribution in [3.05, 3.63) is 65.0 Å². The molecule has 1 atom stereocenters. The quantitative estimate of drug-likeness (QED) is 0.846. The molecule has 3 rings (SSSR count). The number of benzene rings is 2. The molecular formula is C18H17FN2O3S. The number of anilines is 1. The molecule has 0 bridgehead atoms. The first kappa shape index (κ1) is 17.3. The Hall–Kier alpha value is -2.54. The second-order valence-corrected chi connectivity index (χ2v) is 6.65. The number of rotatable bonds is 4. The van der Waals surface area contributed by atoms with Gasteiger partial charge < -0.3 is 4.74 Å². The lowest BCUT2D eigenvalue weighted by Crippen LogP contribution is -2.34. The van der Waals surface area contributed by atoms with Gasteiger partial charge in [-0.05, 0) is 36.2 Å². The van der Waals surface area contributed by atoms with E-state index in [2.05, 4.69) is 5.43 Å².